The van der Waals surface area contributed by atoms with Gasteiger partial charge in [-0.2, -0.15) is 0 Å². The molecule has 0 amide bonds. The fourth-order valence-electron chi connectivity index (χ4n) is 4.51. The third kappa shape index (κ3) is 4.22. The fraction of sp³-hybridized carbons (Fsp3) is 0.100. The van der Waals surface area contributed by atoms with Crippen LogP contribution in [-0.4, -0.2) is 17.4 Å². The van der Waals surface area contributed by atoms with Crippen molar-refractivity contribution in [3.63, 3.8) is 0 Å². The summed E-state index contributed by atoms with van der Waals surface area (Å²) in [7, 11) is 0. The molecule has 2 heterocycles. The molecule has 0 aromatic heterocycles. The molecule has 0 N–H and O–H groups in total. The van der Waals surface area contributed by atoms with Crippen LogP contribution in [0, 0.1) is 5.82 Å². The number of hydrogen-bond acceptors (Lipinski definition) is 4. The molecule has 2 aliphatic rings. The van der Waals surface area contributed by atoms with Crippen molar-refractivity contribution in [3.8, 4) is 22.6 Å². The first-order valence-electron chi connectivity index (χ1n) is 11.5. The van der Waals surface area contributed by atoms with Crippen LogP contribution in [0.5, 0.6) is 11.5 Å². The number of carbonyl (C=O) groups is 1. The molecule has 4 aromatic carbocycles. The zero-order chi connectivity index (χ0) is 23.8. The summed E-state index contributed by atoms with van der Waals surface area (Å²) in [5.74, 6) is 1.19. The van der Waals surface area contributed by atoms with Gasteiger partial charge in [0.25, 0.3) is 0 Å². The van der Waals surface area contributed by atoms with E-state index in [2.05, 4.69) is 17.0 Å². The highest BCUT2D eigenvalue weighted by atomic mass is 19.1. The Morgan fingerprint density at radius 1 is 0.857 bits per heavy atom. The van der Waals surface area contributed by atoms with Crippen LogP contribution in [0.25, 0.3) is 17.2 Å². The second-order valence-corrected chi connectivity index (χ2v) is 8.73. The monoisotopic (exact) mass is 463 g/mol. The highest BCUT2D eigenvalue weighted by Crippen LogP contribution is 2.42. The van der Waals surface area contributed by atoms with Crippen molar-refractivity contribution in [1.82, 2.24) is 4.90 Å². The Balaban J connectivity index is 1.23. The molecule has 172 valence electrons. The number of carbonyl (C=O) groups excluding carboxylic acids is 1. The predicted octanol–water partition coefficient (Wildman–Crippen LogP) is 6.46. The van der Waals surface area contributed by atoms with E-state index in [1.807, 2.05) is 48.5 Å². The van der Waals surface area contributed by atoms with E-state index >= 15 is 0 Å². The van der Waals surface area contributed by atoms with Crippen LogP contribution >= 0.6 is 0 Å². The normalized spacial score (nSPS) is 15.9. The van der Waals surface area contributed by atoms with Crippen LogP contribution in [0.15, 0.2) is 96.8 Å². The summed E-state index contributed by atoms with van der Waals surface area (Å²) in [5.41, 5.74) is 5.54. The number of fused-ring (bicyclic) bond motifs is 3. The van der Waals surface area contributed by atoms with Gasteiger partial charge in [0, 0.05) is 13.1 Å². The second kappa shape index (κ2) is 8.85. The van der Waals surface area contributed by atoms with Crippen LogP contribution in [0.4, 0.5) is 4.39 Å². The van der Waals surface area contributed by atoms with Gasteiger partial charge < -0.3 is 9.47 Å². The lowest BCUT2D eigenvalue weighted by Gasteiger charge is -2.29. The molecule has 0 atom stereocenters. The van der Waals surface area contributed by atoms with E-state index in [-0.39, 0.29) is 11.6 Å². The Morgan fingerprint density at radius 3 is 2.37 bits per heavy atom. The van der Waals surface area contributed by atoms with Gasteiger partial charge in [0.05, 0.1) is 11.1 Å². The molecule has 0 unspecified atom stereocenters. The van der Waals surface area contributed by atoms with E-state index < -0.39 is 0 Å². The van der Waals surface area contributed by atoms with Gasteiger partial charge in [-0.15, -0.1) is 0 Å². The standard InChI is InChI=1S/C30H22FNO3/c31-24-12-8-21(9-13-24)17-32-18-26-27(34-19-32)15-14-25-29(33)28(35-30(25)26)16-20-6-10-23(11-7-20)22-4-2-1-3-5-22/h1-16H,17-19H2/b28-16-. The zero-order valence-corrected chi connectivity index (χ0v) is 18.9. The van der Waals surface area contributed by atoms with Gasteiger partial charge in [-0.05, 0) is 52.6 Å². The Labute approximate surface area is 202 Å². The minimum atomic E-state index is -0.257. The summed E-state index contributed by atoms with van der Waals surface area (Å²) >= 11 is 0. The Bertz CT molecular complexity index is 1430. The molecule has 0 spiro atoms. The Kier molecular flexibility index (Phi) is 5.39. The first-order valence-corrected chi connectivity index (χ1v) is 11.5. The number of halogens is 1. The van der Waals surface area contributed by atoms with Crippen molar-refractivity contribution in [1.29, 1.82) is 0 Å². The smallest absolute Gasteiger partial charge is 0.231 e. The molecule has 5 heteroatoms. The molecule has 6 rings (SSSR count). The summed E-state index contributed by atoms with van der Waals surface area (Å²) in [5, 5.41) is 0. The van der Waals surface area contributed by atoms with Gasteiger partial charge in [0.15, 0.2) is 5.76 Å². The minimum absolute atomic E-state index is 0.134. The van der Waals surface area contributed by atoms with E-state index in [1.54, 1.807) is 24.3 Å². The average Bonchev–Trinajstić information content (AvgIpc) is 3.22. The van der Waals surface area contributed by atoms with Crippen LogP contribution < -0.4 is 9.47 Å². The van der Waals surface area contributed by atoms with Crippen molar-refractivity contribution >= 4 is 11.9 Å². The number of Topliss-reactive ketones (excluding diaryl/α,β-unsaturated/α-hetero) is 1. The molecule has 0 saturated carbocycles. The molecule has 0 radical (unpaired) electrons. The van der Waals surface area contributed by atoms with E-state index in [4.69, 9.17) is 9.47 Å². The lowest BCUT2D eigenvalue weighted by atomic mass is 10.0. The average molecular weight is 464 g/mol. The number of ether oxygens (including phenoxy) is 2. The molecule has 2 aliphatic heterocycles. The molecule has 0 bridgehead atoms. The van der Waals surface area contributed by atoms with Gasteiger partial charge in [-0.1, -0.05) is 66.7 Å². The lowest BCUT2D eigenvalue weighted by molar-refractivity contribution is 0.0872. The molecule has 35 heavy (non-hydrogen) atoms. The van der Waals surface area contributed by atoms with Crippen molar-refractivity contribution in [2.24, 2.45) is 0 Å². The summed E-state index contributed by atoms with van der Waals surface area (Å²) < 4.78 is 25.3. The quantitative estimate of drug-likeness (QED) is 0.326. The van der Waals surface area contributed by atoms with E-state index in [9.17, 15) is 9.18 Å². The second-order valence-electron chi connectivity index (χ2n) is 8.73. The van der Waals surface area contributed by atoms with Crippen LogP contribution in [0.3, 0.4) is 0 Å². The topological polar surface area (TPSA) is 38.8 Å². The van der Waals surface area contributed by atoms with Crippen molar-refractivity contribution in [2.45, 2.75) is 13.1 Å². The highest BCUT2D eigenvalue weighted by molar-refractivity contribution is 6.15. The number of ketones is 1. The molecule has 4 aromatic rings. The van der Waals surface area contributed by atoms with Gasteiger partial charge in [-0.3, -0.25) is 9.69 Å². The maximum atomic E-state index is 13.2. The van der Waals surface area contributed by atoms with Crippen molar-refractivity contribution in [3.05, 3.63) is 125 Å². The van der Waals surface area contributed by atoms with Gasteiger partial charge in [0.1, 0.15) is 24.0 Å². The maximum Gasteiger partial charge on any atom is 0.231 e. The summed E-state index contributed by atoms with van der Waals surface area (Å²) in [4.78, 5) is 15.2. The number of hydrogen-bond donors (Lipinski definition) is 0. The number of nitrogens with zero attached hydrogens (tertiary/aromatic N) is 1. The van der Waals surface area contributed by atoms with Gasteiger partial charge >= 0.3 is 0 Å². The fourth-order valence-corrected chi connectivity index (χ4v) is 4.51. The zero-order valence-electron chi connectivity index (χ0n) is 18.9. The van der Waals surface area contributed by atoms with Crippen molar-refractivity contribution < 1.29 is 18.7 Å². The number of benzene rings is 4. The first-order chi connectivity index (χ1) is 17.1. The maximum absolute atomic E-state index is 13.2. The van der Waals surface area contributed by atoms with Crippen molar-refractivity contribution in [2.75, 3.05) is 6.73 Å². The van der Waals surface area contributed by atoms with Crippen LogP contribution in [-0.2, 0) is 13.1 Å². The molecule has 0 aliphatic carbocycles. The largest absolute Gasteiger partial charge is 0.478 e. The third-order valence-corrected chi connectivity index (χ3v) is 6.32. The molecular weight excluding hydrogens is 441 g/mol. The van der Waals surface area contributed by atoms with Crippen LogP contribution in [0.1, 0.15) is 27.0 Å². The Hall–Kier alpha value is -4.22. The first kappa shape index (κ1) is 21.3. The summed E-state index contributed by atoms with van der Waals surface area (Å²) in [6, 6.07) is 28.3. The lowest BCUT2D eigenvalue weighted by Crippen LogP contribution is -2.31. The molecule has 0 saturated heterocycles. The van der Waals surface area contributed by atoms with E-state index in [1.165, 1.54) is 12.1 Å². The predicted molar refractivity (Wildman–Crippen MR) is 132 cm³/mol. The summed E-state index contributed by atoms with van der Waals surface area (Å²) in [6.07, 6.45) is 1.78. The van der Waals surface area contributed by atoms with Gasteiger partial charge in [-0.25, -0.2) is 4.39 Å². The molecular formula is C30H22FNO3. The van der Waals surface area contributed by atoms with Crippen LogP contribution in [0.2, 0.25) is 0 Å². The SMILES string of the molecule is O=C1/C(=C/c2ccc(-c3ccccc3)cc2)Oc2c1ccc1c2CN(Cc2ccc(F)cc2)CO1. The van der Waals surface area contributed by atoms with E-state index in [0.29, 0.717) is 36.9 Å². The number of allylic oxidation sites excluding steroid dienone is 1. The minimum Gasteiger partial charge on any atom is -0.478 e. The number of rotatable bonds is 4. The third-order valence-electron chi connectivity index (χ3n) is 6.32. The van der Waals surface area contributed by atoms with Gasteiger partial charge in [0.2, 0.25) is 5.78 Å². The highest BCUT2D eigenvalue weighted by Gasteiger charge is 2.33. The molecule has 0 fully saturated rings. The van der Waals surface area contributed by atoms with E-state index in [0.717, 1.165) is 33.6 Å². The molecule has 4 nitrogen and oxygen atoms in total. The summed E-state index contributed by atoms with van der Waals surface area (Å²) in [6.45, 7) is 1.59. The Morgan fingerprint density at radius 2 is 1.60 bits per heavy atom.